The van der Waals surface area contributed by atoms with Gasteiger partial charge < -0.3 is 4.74 Å². The molecule has 3 rings (SSSR count). The minimum absolute atomic E-state index is 0.286. The number of benzene rings is 2. The third-order valence-electron chi connectivity index (χ3n) is 4.07. The van der Waals surface area contributed by atoms with Crippen LogP contribution >= 0.6 is 23.2 Å². The van der Waals surface area contributed by atoms with E-state index in [1.165, 1.54) is 12.1 Å². The number of nitrogens with one attached hydrogen (secondary N) is 1. The van der Waals surface area contributed by atoms with E-state index in [0.29, 0.717) is 15.7 Å². The van der Waals surface area contributed by atoms with Gasteiger partial charge in [0, 0.05) is 10.0 Å². The summed E-state index contributed by atoms with van der Waals surface area (Å²) in [6.45, 7) is 0. The minimum Gasteiger partial charge on any atom is -0.496 e. The Bertz CT molecular complexity index is 861. The van der Waals surface area contributed by atoms with Gasteiger partial charge in [0.25, 0.3) is 10.0 Å². The quantitative estimate of drug-likeness (QED) is 0.830. The van der Waals surface area contributed by atoms with Gasteiger partial charge in [0.1, 0.15) is 5.75 Å². The Morgan fingerprint density at radius 3 is 2.25 bits per heavy atom. The first-order valence-corrected chi connectivity index (χ1v) is 9.82. The van der Waals surface area contributed by atoms with E-state index in [4.69, 9.17) is 27.9 Å². The number of methoxy groups -OCH3 is 1. The molecule has 2 aromatic rings. The van der Waals surface area contributed by atoms with Crippen LogP contribution in [0.25, 0.3) is 0 Å². The SMILES string of the molecule is COc1ccc(S(=O)(=O)Nc2cc(Cl)cc(Cl)c2)c2c1CCCC2. The lowest BCUT2D eigenvalue weighted by Crippen LogP contribution is -2.18. The van der Waals surface area contributed by atoms with Crippen molar-refractivity contribution < 1.29 is 13.2 Å². The molecule has 0 aromatic heterocycles. The summed E-state index contributed by atoms with van der Waals surface area (Å²) in [5, 5.41) is 0.744. The molecular formula is C17H17Cl2NO3S. The Morgan fingerprint density at radius 2 is 1.62 bits per heavy atom. The zero-order valence-corrected chi connectivity index (χ0v) is 15.4. The smallest absolute Gasteiger partial charge is 0.262 e. The van der Waals surface area contributed by atoms with Crippen molar-refractivity contribution in [1.82, 2.24) is 0 Å². The first-order valence-electron chi connectivity index (χ1n) is 7.58. The van der Waals surface area contributed by atoms with E-state index in [0.717, 1.165) is 42.6 Å². The maximum atomic E-state index is 12.9. The lowest BCUT2D eigenvalue weighted by Gasteiger charge is -2.22. The van der Waals surface area contributed by atoms with E-state index < -0.39 is 10.0 Å². The first kappa shape index (κ1) is 17.4. The average Bonchev–Trinajstić information content (AvgIpc) is 2.52. The van der Waals surface area contributed by atoms with E-state index in [-0.39, 0.29) is 4.90 Å². The second-order valence-electron chi connectivity index (χ2n) is 5.69. The Labute approximate surface area is 151 Å². The lowest BCUT2D eigenvalue weighted by atomic mass is 9.91. The predicted molar refractivity (Wildman–Crippen MR) is 96.9 cm³/mol. The van der Waals surface area contributed by atoms with Crippen molar-refractivity contribution in [3.63, 3.8) is 0 Å². The fraction of sp³-hybridized carbons (Fsp3) is 0.294. The summed E-state index contributed by atoms with van der Waals surface area (Å²) in [6.07, 6.45) is 3.54. The number of sulfonamides is 1. The van der Waals surface area contributed by atoms with Crippen molar-refractivity contribution >= 4 is 38.9 Å². The molecule has 24 heavy (non-hydrogen) atoms. The molecule has 1 N–H and O–H groups in total. The summed E-state index contributed by atoms with van der Waals surface area (Å²) < 4.78 is 33.7. The molecule has 4 nitrogen and oxygen atoms in total. The highest BCUT2D eigenvalue weighted by molar-refractivity contribution is 7.92. The molecular weight excluding hydrogens is 369 g/mol. The molecule has 7 heteroatoms. The van der Waals surface area contributed by atoms with Crippen LogP contribution < -0.4 is 9.46 Å². The molecule has 0 heterocycles. The second-order valence-corrected chi connectivity index (χ2v) is 8.22. The van der Waals surface area contributed by atoms with Crippen LogP contribution in [0.2, 0.25) is 10.0 Å². The summed E-state index contributed by atoms with van der Waals surface area (Å²) in [7, 11) is -2.13. The number of hydrogen-bond donors (Lipinski definition) is 1. The lowest BCUT2D eigenvalue weighted by molar-refractivity contribution is 0.405. The molecule has 0 saturated heterocycles. The highest BCUT2D eigenvalue weighted by atomic mass is 35.5. The molecule has 0 amide bonds. The number of fused-ring (bicyclic) bond motifs is 1. The molecule has 0 fully saturated rings. The van der Waals surface area contributed by atoms with Gasteiger partial charge in [-0.25, -0.2) is 8.42 Å². The molecule has 0 aliphatic heterocycles. The highest BCUT2D eigenvalue weighted by Gasteiger charge is 2.25. The average molecular weight is 386 g/mol. The topological polar surface area (TPSA) is 55.4 Å². The van der Waals surface area contributed by atoms with E-state index in [2.05, 4.69) is 4.72 Å². The zero-order valence-electron chi connectivity index (χ0n) is 13.1. The fourth-order valence-electron chi connectivity index (χ4n) is 3.07. The summed E-state index contributed by atoms with van der Waals surface area (Å²) >= 11 is 11.9. The van der Waals surface area contributed by atoms with Crippen molar-refractivity contribution in [3.05, 3.63) is 51.5 Å². The van der Waals surface area contributed by atoms with Crippen molar-refractivity contribution in [2.24, 2.45) is 0 Å². The molecule has 0 unspecified atom stereocenters. The monoisotopic (exact) mass is 385 g/mol. The third kappa shape index (κ3) is 3.48. The van der Waals surface area contributed by atoms with Crippen LogP contribution in [0.15, 0.2) is 35.2 Å². The van der Waals surface area contributed by atoms with Crippen LogP contribution in [0.5, 0.6) is 5.75 Å². The van der Waals surface area contributed by atoms with Crippen LogP contribution in [0.3, 0.4) is 0 Å². The third-order valence-corrected chi connectivity index (χ3v) is 5.98. The number of ether oxygens (including phenoxy) is 1. The van der Waals surface area contributed by atoms with Gasteiger partial charge in [0.05, 0.1) is 17.7 Å². The second kappa shape index (κ2) is 6.82. The van der Waals surface area contributed by atoms with Gasteiger partial charge in [-0.3, -0.25) is 4.72 Å². The molecule has 1 aliphatic carbocycles. The normalized spacial score (nSPS) is 14.1. The number of hydrogen-bond acceptors (Lipinski definition) is 3. The van der Waals surface area contributed by atoms with Gasteiger partial charge in [-0.05, 0) is 67.1 Å². The van der Waals surface area contributed by atoms with Crippen molar-refractivity contribution in [3.8, 4) is 5.75 Å². The fourth-order valence-corrected chi connectivity index (χ4v) is 4.93. The van der Waals surface area contributed by atoms with Gasteiger partial charge in [-0.1, -0.05) is 23.2 Å². The van der Waals surface area contributed by atoms with Crippen LogP contribution in [-0.4, -0.2) is 15.5 Å². The van der Waals surface area contributed by atoms with E-state index in [1.54, 1.807) is 25.3 Å². The maximum Gasteiger partial charge on any atom is 0.262 e. The van der Waals surface area contributed by atoms with Crippen molar-refractivity contribution in [2.75, 3.05) is 11.8 Å². The highest BCUT2D eigenvalue weighted by Crippen LogP contribution is 2.35. The summed E-state index contributed by atoms with van der Waals surface area (Å²) in [6, 6.07) is 7.92. The molecule has 128 valence electrons. The van der Waals surface area contributed by atoms with Crippen LogP contribution in [0.4, 0.5) is 5.69 Å². The van der Waals surface area contributed by atoms with Gasteiger partial charge >= 0.3 is 0 Å². The van der Waals surface area contributed by atoms with Gasteiger partial charge in [0.15, 0.2) is 0 Å². The molecule has 0 radical (unpaired) electrons. The minimum atomic E-state index is -3.74. The van der Waals surface area contributed by atoms with E-state index in [9.17, 15) is 8.42 Å². The van der Waals surface area contributed by atoms with Crippen molar-refractivity contribution in [1.29, 1.82) is 0 Å². The summed E-state index contributed by atoms with van der Waals surface area (Å²) in [4.78, 5) is 0.286. The van der Waals surface area contributed by atoms with Crippen LogP contribution in [0, 0.1) is 0 Å². The van der Waals surface area contributed by atoms with Gasteiger partial charge in [0.2, 0.25) is 0 Å². The number of halogens is 2. The Balaban J connectivity index is 2.04. The van der Waals surface area contributed by atoms with Gasteiger partial charge in [-0.15, -0.1) is 0 Å². The molecule has 0 spiro atoms. The zero-order chi connectivity index (χ0) is 17.3. The molecule has 2 aromatic carbocycles. The number of anilines is 1. The van der Waals surface area contributed by atoms with Crippen molar-refractivity contribution in [2.45, 2.75) is 30.6 Å². The standard InChI is InChI=1S/C17H17Cl2NO3S/c1-23-16-6-7-17(15-5-3-2-4-14(15)16)24(21,22)20-13-9-11(18)8-12(19)10-13/h6-10,20H,2-5H2,1H3. The van der Waals surface area contributed by atoms with Crippen LogP contribution in [0.1, 0.15) is 24.0 Å². The molecule has 0 bridgehead atoms. The van der Waals surface area contributed by atoms with Crippen LogP contribution in [-0.2, 0) is 22.9 Å². The molecule has 1 aliphatic rings. The Morgan fingerprint density at radius 1 is 1.00 bits per heavy atom. The van der Waals surface area contributed by atoms with E-state index >= 15 is 0 Å². The summed E-state index contributed by atoms with van der Waals surface area (Å²) in [5.41, 5.74) is 2.16. The van der Waals surface area contributed by atoms with E-state index in [1.807, 2.05) is 0 Å². The first-order chi connectivity index (χ1) is 11.4. The largest absolute Gasteiger partial charge is 0.496 e. The maximum absolute atomic E-state index is 12.9. The Hall–Kier alpha value is -1.43. The Kier molecular flexibility index (Phi) is 4.95. The molecule has 0 atom stereocenters. The van der Waals surface area contributed by atoms with Gasteiger partial charge in [-0.2, -0.15) is 0 Å². The number of rotatable bonds is 4. The summed E-state index contributed by atoms with van der Waals surface area (Å²) in [5.74, 6) is 0.745. The molecule has 0 saturated carbocycles. The predicted octanol–water partition coefficient (Wildman–Crippen LogP) is 4.68.